The Bertz CT molecular complexity index is 1310. The molecule has 3 heterocycles. The Balaban J connectivity index is 1.35. The number of carbonyl (C=O) groups is 3. The van der Waals surface area contributed by atoms with Crippen LogP contribution in [0.5, 0.6) is 0 Å². The first-order valence-electron chi connectivity index (χ1n) is 14.4. The molecule has 2 aromatic rings. The van der Waals surface area contributed by atoms with E-state index in [0.29, 0.717) is 83.0 Å². The van der Waals surface area contributed by atoms with Crippen LogP contribution in [0.2, 0.25) is 0 Å². The summed E-state index contributed by atoms with van der Waals surface area (Å²) < 4.78 is 54.4. The molecule has 0 radical (unpaired) electrons. The van der Waals surface area contributed by atoms with Crippen molar-refractivity contribution >= 4 is 17.7 Å². The van der Waals surface area contributed by atoms with E-state index >= 15 is 0 Å². The van der Waals surface area contributed by atoms with Gasteiger partial charge in [-0.25, -0.2) is 4.39 Å². The number of carbonyl (C=O) groups excluding carboxylic acids is 3. The largest absolute Gasteiger partial charge is 0.416 e. The standard InChI is InChI=1S/C31H36F4N4O3/c1-38-19-24(20-5-3-2-4-6-20)30(18-26(38)40)11-15-39(16-12-30)29(42)27(21-9-13-36-14-10-21)37-28(41)23-17-22(31(33,34)35)7-8-25(23)32/h2-8,17,21,24,27,36H,9-16,18-19H2,1H3,(H,37,41)/t24?,27-/m1/s1. The van der Waals surface area contributed by atoms with Crippen molar-refractivity contribution in [2.24, 2.45) is 11.3 Å². The highest BCUT2D eigenvalue weighted by molar-refractivity contribution is 5.98. The second kappa shape index (κ2) is 12.0. The summed E-state index contributed by atoms with van der Waals surface area (Å²) >= 11 is 0. The van der Waals surface area contributed by atoms with Crippen LogP contribution in [0.4, 0.5) is 17.6 Å². The third-order valence-electron chi connectivity index (χ3n) is 9.34. The molecule has 7 nitrogen and oxygen atoms in total. The van der Waals surface area contributed by atoms with E-state index in [1.165, 1.54) is 0 Å². The molecule has 5 rings (SSSR count). The molecule has 11 heteroatoms. The van der Waals surface area contributed by atoms with Crippen molar-refractivity contribution in [1.29, 1.82) is 0 Å². The highest BCUT2D eigenvalue weighted by atomic mass is 19.4. The quantitative estimate of drug-likeness (QED) is 0.514. The van der Waals surface area contributed by atoms with Crippen LogP contribution >= 0.6 is 0 Å². The van der Waals surface area contributed by atoms with Gasteiger partial charge < -0.3 is 20.4 Å². The third kappa shape index (κ3) is 6.16. The van der Waals surface area contributed by atoms with Gasteiger partial charge in [0.25, 0.3) is 5.91 Å². The molecule has 3 saturated heterocycles. The number of amides is 3. The van der Waals surface area contributed by atoms with Crippen molar-refractivity contribution in [1.82, 2.24) is 20.4 Å². The van der Waals surface area contributed by atoms with E-state index in [9.17, 15) is 31.9 Å². The zero-order valence-corrected chi connectivity index (χ0v) is 23.6. The molecule has 0 aromatic heterocycles. The smallest absolute Gasteiger partial charge is 0.345 e. The van der Waals surface area contributed by atoms with E-state index in [1.54, 1.807) is 9.80 Å². The summed E-state index contributed by atoms with van der Waals surface area (Å²) in [5.74, 6) is -2.53. The maximum absolute atomic E-state index is 14.5. The monoisotopic (exact) mass is 588 g/mol. The summed E-state index contributed by atoms with van der Waals surface area (Å²) in [6, 6.07) is 10.8. The van der Waals surface area contributed by atoms with Crippen molar-refractivity contribution in [3.8, 4) is 0 Å². The van der Waals surface area contributed by atoms with Crippen molar-refractivity contribution < 1.29 is 31.9 Å². The van der Waals surface area contributed by atoms with Crippen LogP contribution in [-0.4, -0.2) is 73.3 Å². The van der Waals surface area contributed by atoms with E-state index in [4.69, 9.17) is 0 Å². The second-order valence-corrected chi connectivity index (χ2v) is 11.8. The summed E-state index contributed by atoms with van der Waals surface area (Å²) in [4.78, 5) is 43.4. The normalized spacial score (nSPS) is 22.2. The molecular weight excluding hydrogens is 552 g/mol. The van der Waals surface area contributed by atoms with Crippen LogP contribution in [0, 0.1) is 17.2 Å². The van der Waals surface area contributed by atoms with Gasteiger partial charge in [0.15, 0.2) is 0 Å². The topological polar surface area (TPSA) is 81.8 Å². The van der Waals surface area contributed by atoms with Gasteiger partial charge in [-0.3, -0.25) is 14.4 Å². The molecule has 1 unspecified atom stereocenters. The fraction of sp³-hybridized carbons (Fsp3) is 0.516. The number of piperidine rings is 3. The molecule has 3 fully saturated rings. The fourth-order valence-electron chi connectivity index (χ4n) is 6.82. The van der Waals surface area contributed by atoms with Gasteiger partial charge in [0.2, 0.25) is 11.8 Å². The van der Waals surface area contributed by atoms with Crippen LogP contribution in [0.15, 0.2) is 48.5 Å². The second-order valence-electron chi connectivity index (χ2n) is 11.8. The maximum atomic E-state index is 14.5. The van der Waals surface area contributed by atoms with Gasteiger partial charge in [-0.05, 0) is 73.9 Å². The molecular formula is C31H36F4N4O3. The molecule has 3 aliphatic rings. The lowest BCUT2D eigenvalue weighted by atomic mass is 9.62. The zero-order chi connectivity index (χ0) is 30.1. The molecule has 1 spiro atoms. The number of likely N-dealkylation sites (tertiary alicyclic amines) is 2. The number of hydrogen-bond acceptors (Lipinski definition) is 4. The van der Waals surface area contributed by atoms with Gasteiger partial charge in [-0.2, -0.15) is 13.2 Å². The minimum atomic E-state index is -4.75. The first-order valence-corrected chi connectivity index (χ1v) is 14.4. The SMILES string of the molecule is CN1CC(c2ccccc2)C2(CCN(C(=O)[C@H](NC(=O)c3cc(C(F)(F)F)ccc3F)C3CCNCC3)CC2)CC1=O. The van der Waals surface area contributed by atoms with Crippen LogP contribution in [0.3, 0.4) is 0 Å². The minimum absolute atomic E-state index is 0.0740. The van der Waals surface area contributed by atoms with E-state index in [1.807, 2.05) is 25.2 Å². The predicted octanol–water partition coefficient (Wildman–Crippen LogP) is 4.20. The number of hydrogen-bond donors (Lipinski definition) is 2. The first kappa shape index (κ1) is 30.0. The summed E-state index contributed by atoms with van der Waals surface area (Å²) in [6.45, 7) is 2.61. The number of benzene rings is 2. The Labute approximate surface area is 242 Å². The molecule has 3 amide bonds. The molecule has 2 atom stereocenters. The Kier molecular flexibility index (Phi) is 8.59. The molecule has 0 bridgehead atoms. The van der Waals surface area contributed by atoms with Crippen molar-refractivity contribution in [2.45, 2.75) is 50.2 Å². The van der Waals surface area contributed by atoms with E-state index in [-0.39, 0.29) is 29.1 Å². The van der Waals surface area contributed by atoms with Gasteiger partial charge in [-0.15, -0.1) is 0 Å². The number of nitrogens with one attached hydrogen (secondary N) is 2. The lowest BCUT2D eigenvalue weighted by Crippen LogP contribution is -2.58. The number of likely N-dealkylation sites (N-methyl/N-ethyl adjacent to an activating group) is 1. The minimum Gasteiger partial charge on any atom is -0.345 e. The number of alkyl halides is 3. The Morgan fingerprint density at radius 3 is 2.36 bits per heavy atom. The van der Waals surface area contributed by atoms with E-state index in [0.717, 1.165) is 5.56 Å². The Hall–Kier alpha value is -3.47. The van der Waals surface area contributed by atoms with Gasteiger partial charge in [0.05, 0.1) is 11.1 Å². The predicted molar refractivity (Wildman–Crippen MR) is 148 cm³/mol. The van der Waals surface area contributed by atoms with Crippen molar-refractivity contribution in [3.63, 3.8) is 0 Å². The summed E-state index contributed by atoms with van der Waals surface area (Å²) in [5.41, 5.74) is -1.04. The summed E-state index contributed by atoms with van der Waals surface area (Å²) in [7, 11) is 1.81. The fourth-order valence-corrected chi connectivity index (χ4v) is 6.82. The van der Waals surface area contributed by atoms with Gasteiger partial charge in [0.1, 0.15) is 11.9 Å². The maximum Gasteiger partial charge on any atom is 0.416 e. The summed E-state index contributed by atoms with van der Waals surface area (Å²) in [5, 5.41) is 5.83. The molecule has 0 aliphatic carbocycles. The Morgan fingerprint density at radius 2 is 1.71 bits per heavy atom. The molecule has 0 saturated carbocycles. The lowest BCUT2D eigenvalue weighted by Gasteiger charge is -2.51. The summed E-state index contributed by atoms with van der Waals surface area (Å²) in [6.07, 6.45) is -2.00. The van der Waals surface area contributed by atoms with Crippen LogP contribution in [-0.2, 0) is 15.8 Å². The van der Waals surface area contributed by atoms with E-state index < -0.39 is 35.1 Å². The lowest BCUT2D eigenvalue weighted by molar-refractivity contribution is -0.143. The Morgan fingerprint density at radius 1 is 1.05 bits per heavy atom. The zero-order valence-electron chi connectivity index (χ0n) is 23.6. The molecule has 2 aromatic carbocycles. The van der Waals surface area contributed by atoms with Gasteiger partial charge in [-0.1, -0.05) is 30.3 Å². The van der Waals surface area contributed by atoms with Gasteiger partial charge in [0, 0.05) is 39.0 Å². The van der Waals surface area contributed by atoms with Crippen LogP contribution in [0.25, 0.3) is 0 Å². The average Bonchev–Trinajstić information content (AvgIpc) is 2.98. The van der Waals surface area contributed by atoms with Gasteiger partial charge >= 0.3 is 6.18 Å². The molecule has 2 N–H and O–H groups in total. The van der Waals surface area contributed by atoms with Crippen molar-refractivity contribution in [2.75, 3.05) is 39.8 Å². The van der Waals surface area contributed by atoms with E-state index in [2.05, 4.69) is 22.8 Å². The first-order chi connectivity index (χ1) is 20.0. The molecule has 42 heavy (non-hydrogen) atoms. The number of nitrogens with zero attached hydrogens (tertiary/aromatic N) is 2. The molecule has 226 valence electrons. The highest BCUT2D eigenvalue weighted by Crippen LogP contribution is 2.50. The number of rotatable bonds is 5. The third-order valence-corrected chi connectivity index (χ3v) is 9.34. The highest BCUT2D eigenvalue weighted by Gasteiger charge is 2.49. The van der Waals surface area contributed by atoms with Crippen molar-refractivity contribution in [3.05, 3.63) is 71.0 Å². The molecule has 3 aliphatic heterocycles. The average molecular weight is 589 g/mol. The van der Waals surface area contributed by atoms with Crippen LogP contribution in [0.1, 0.15) is 59.5 Å². The number of halogens is 4. The van der Waals surface area contributed by atoms with Crippen LogP contribution < -0.4 is 10.6 Å².